The van der Waals surface area contributed by atoms with Crippen molar-refractivity contribution in [2.24, 2.45) is 0 Å². The molecule has 0 aliphatic heterocycles. The Bertz CT molecular complexity index is 2350. The second-order valence-electron chi connectivity index (χ2n) is 27.7. The average Bonchev–Trinajstić information content (AvgIpc) is 0.911. The Morgan fingerprint density at radius 3 is 0.779 bits per heavy atom. The van der Waals surface area contributed by atoms with E-state index in [1.807, 2.05) is 0 Å². The van der Waals surface area contributed by atoms with Crippen LogP contribution in [0.2, 0.25) is 0 Å². The number of aliphatic hydroxyl groups is 1. The van der Waals surface area contributed by atoms with Crippen LogP contribution in [0.15, 0.2) is 97.2 Å². The summed E-state index contributed by atoms with van der Waals surface area (Å²) in [5, 5.41) is 10.7. The van der Waals surface area contributed by atoms with E-state index >= 15 is 0 Å². The van der Waals surface area contributed by atoms with Crippen molar-refractivity contribution in [3.8, 4) is 0 Å². The van der Waals surface area contributed by atoms with E-state index in [2.05, 4.69) is 125 Å². The number of carbonyl (C=O) groups excluding carboxylic acids is 4. The molecule has 0 spiro atoms. The number of unbranched alkanes of at least 4 members (excludes halogenated alkanes) is 36. The molecule has 0 rings (SSSR count). The van der Waals surface area contributed by atoms with E-state index in [1.165, 1.54) is 89.9 Å². The maximum Gasteiger partial charge on any atom is 0.472 e. The highest BCUT2D eigenvalue weighted by Crippen LogP contribution is 2.45. The highest BCUT2D eigenvalue weighted by atomic mass is 31.2. The second kappa shape index (κ2) is 77.1. The van der Waals surface area contributed by atoms with Crippen LogP contribution in [0, 0.1) is 0 Å². The summed E-state index contributed by atoms with van der Waals surface area (Å²) in [5.74, 6) is -2.18. The number of hydrogen-bond donors (Lipinski definition) is 3. The van der Waals surface area contributed by atoms with Gasteiger partial charge in [-0.1, -0.05) is 311 Å². The lowest BCUT2D eigenvalue weighted by Crippen LogP contribution is -2.30. The smallest absolute Gasteiger partial charge is 0.462 e. The monoisotopic (exact) mass is 1510 g/mol. The van der Waals surface area contributed by atoms with E-state index in [1.54, 1.807) is 0 Å². The molecule has 0 saturated carbocycles. The molecular formula is C85H150O17P2. The highest BCUT2D eigenvalue weighted by molar-refractivity contribution is 7.47. The first-order valence-electron chi connectivity index (χ1n) is 41.5. The highest BCUT2D eigenvalue weighted by Gasteiger charge is 2.30. The Hall–Kier alpha value is -4.02. The molecule has 0 aromatic carbocycles. The standard InChI is InChI=1S/C85H150O17P2/c1-5-9-13-17-21-25-29-33-36-38-39-41-44-47-50-54-58-62-66-70-83(88)96-76-81(102-85(90)72-68-64-60-56-52-48-42-35-31-27-23-19-15-11-7-3)78-100-104(93,94)98-74-79(86)73-97-103(91,92)99-77-80(101-84(89)71-67-63-59-55-51-45-32-28-24-20-16-12-8-4)75-95-82(87)69-65-61-57-53-49-46-43-40-37-34-30-26-22-18-14-10-6-2/h9-10,13-14,21-22,25-26,33-37,39,41-42,79-81,86H,5-8,11-12,15-20,23-24,27-32,38,40,43-78H2,1-4H3,(H,91,92)(H,93,94)/b13-9-,14-10-,25-21-,26-22-,36-33-,37-34-,41-39-,42-35-. The Labute approximate surface area is 633 Å². The second-order valence-corrected chi connectivity index (χ2v) is 30.6. The lowest BCUT2D eigenvalue weighted by atomic mass is 10.0. The van der Waals surface area contributed by atoms with Gasteiger partial charge in [-0.2, -0.15) is 0 Å². The largest absolute Gasteiger partial charge is 0.472 e. The van der Waals surface area contributed by atoms with E-state index in [4.69, 9.17) is 37.0 Å². The summed E-state index contributed by atoms with van der Waals surface area (Å²) in [5.41, 5.74) is 0. The van der Waals surface area contributed by atoms with Gasteiger partial charge in [0.05, 0.1) is 26.4 Å². The number of rotatable bonds is 78. The molecule has 0 aromatic heterocycles. The number of allylic oxidation sites excluding steroid dienone is 16. The molecule has 3 N–H and O–H groups in total. The SMILES string of the molecule is CC/C=C\C/C=C\C/C=C\C/C=C\CCCCCCCCC(=O)OCC(COP(=O)(O)OCC(O)COP(=O)(O)OCC(COC(=O)CCCCCCCCC/C=C\C/C=C\C/C=C\CC)OC(=O)CCCCCCCCCCCCCCC)OC(=O)CCCCCCC/C=C\CCCCCCCC. The summed E-state index contributed by atoms with van der Waals surface area (Å²) in [7, 11) is -9.96. The first-order valence-corrected chi connectivity index (χ1v) is 44.5. The maximum atomic E-state index is 13.1. The third-order valence-corrected chi connectivity index (χ3v) is 19.4. The fourth-order valence-electron chi connectivity index (χ4n) is 11.3. The van der Waals surface area contributed by atoms with Crippen LogP contribution >= 0.6 is 15.6 Å². The third kappa shape index (κ3) is 76.2. The Morgan fingerprint density at radius 2 is 0.500 bits per heavy atom. The van der Waals surface area contributed by atoms with Gasteiger partial charge in [-0.05, 0) is 122 Å². The van der Waals surface area contributed by atoms with Crippen molar-refractivity contribution in [3.63, 3.8) is 0 Å². The summed E-state index contributed by atoms with van der Waals surface area (Å²) in [6.45, 7) is 4.67. The van der Waals surface area contributed by atoms with Gasteiger partial charge in [0.15, 0.2) is 12.2 Å². The van der Waals surface area contributed by atoms with Crippen LogP contribution in [-0.4, -0.2) is 96.7 Å². The molecule has 0 saturated heterocycles. The Kier molecular flexibility index (Phi) is 74.2. The van der Waals surface area contributed by atoms with Crippen molar-refractivity contribution >= 4 is 39.5 Å². The maximum absolute atomic E-state index is 13.1. The fraction of sp³-hybridized carbons (Fsp3) is 0.765. The van der Waals surface area contributed by atoms with E-state index in [-0.39, 0.29) is 25.7 Å². The van der Waals surface area contributed by atoms with Crippen LogP contribution in [0.25, 0.3) is 0 Å². The zero-order valence-corrected chi connectivity index (χ0v) is 67.7. The van der Waals surface area contributed by atoms with Crippen molar-refractivity contribution in [2.75, 3.05) is 39.6 Å². The predicted molar refractivity (Wildman–Crippen MR) is 427 cm³/mol. The molecule has 0 amide bonds. The topological polar surface area (TPSA) is 237 Å². The van der Waals surface area contributed by atoms with Crippen molar-refractivity contribution in [1.82, 2.24) is 0 Å². The Balaban J connectivity index is 5.34. The molecule has 0 radical (unpaired) electrons. The quantitative estimate of drug-likeness (QED) is 0.0169. The van der Waals surface area contributed by atoms with Crippen LogP contribution in [0.5, 0.6) is 0 Å². The number of phosphoric ester groups is 2. The molecule has 602 valence electrons. The van der Waals surface area contributed by atoms with Crippen LogP contribution in [0.4, 0.5) is 0 Å². The van der Waals surface area contributed by atoms with Gasteiger partial charge in [-0.3, -0.25) is 37.3 Å². The molecule has 5 atom stereocenters. The minimum absolute atomic E-state index is 0.0828. The number of esters is 4. The molecule has 19 heteroatoms. The van der Waals surface area contributed by atoms with Gasteiger partial charge in [0.1, 0.15) is 19.3 Å². The van der Waals surface area contributed by atoms with Crippen LogP contribution in [0.1, 0.15) is 362 Å². The molecule has 0 heterocycles. The van der Waals surface area contributed by atoms with Crippen LogP contribution in [0.3, 0.4) is 0 Å². The number of ether oxygens (including phenoxy) is 4. The van der Waals surface area contributed by atoms with Gasteiger partial charge in [-0.25, -0.2) is 9.13 Å². The van der Waals surface area contributed by atoms with Crippen molar-refractivity contribution in [3.05, 3.63) is 97.2 Å². The van der Waals surface area contributed by atoms with Gasteiger partial charge in [0, 0.05) is 25.7 Å². The van der Waals surface area contributed by atoms with Crippen molar-refractivity contribution in [1.29, 1.82) is 0 Å². The van der Waals surface area contributed by atoms with Gasteiger partial charge >= 0.3 is 39.5 Å². The molecule has 0 fully saturated rings. The zero-order chi connectivity index (χ0) is 76.0. The molecule has 0 aliphatic rings. The molecule has 5 unspecified atom stereocenters. The number of carbonyl (C=O) groups is 4. The van der Waals surface area contributed by atoms with E-state index in [0.29, 0.717) is 25.7 Å². The fourth-order valence-corrected chi connectivity index (χ4v) is 12.9. The molecular weight excluding hydrogens is 1350 g/mol. The molecule has 17 nitrogen and oxygen atoms in total. The first-order chi connectivity index (χ1) is 50.7. The lowest BCUT2D eigenvalue weighted by Gasteiger charge is -2.21. The summed E-state index contributed by atoms with van der Waals surface area (Å²) in [6, 6.07) is 0. The minimum atomic E-state index is -4.98. The molecule has 104 heavy (non-hydrogen) atoms. The van der Waals surface area contributed by atoms with Crippen LogP contribution in [-0.2, 0) is 65.4 Å². The number of aliphatic hydroxyl groups excluding tert-OH is 1. The van der Waals surface area contributed by atoms with Gasteiger partial charge in [0.25, 0.3) is 0 Å². The van der Waals surface area contributed by atoms with Gasteiger partial charge < -0.3 is 33.8 Å². The predicted octanol–water partition coefficient (Wildman–Crippen LogP) is 24.3. The molecule has 0 bridgehead atoms. The zero-order valence-electron chi connectivity index (χ0n) is 65.9. The normalized spacial score (nSPS) is 14.3. The first kappa shape index (κ1) is 100.0. The van der Waals surface area contributed by atoms with Gasteiger partial charge in [-0.15, -0.1) is 0 Å². The third-order valence-electron chi connectivity index (χ3n) is 17.5. The average molecular weight is 1510 g/mol. The Morgan fingerprint density at radius 1 is 0.279 bits per heavy atom. The molecule has 0 aliphatic carbocycles. The van der Waals surface area contributed by atoms with E-state index in [9.17, 15) is 43.2 Å². The van der Waals surface area contributed by atoms with Gasteiger partial charge in [0.2, 0.25) is 0 Å². The van der Waals surface area contributed by atoms with E-state index in [0.717, 1.165) is 193 Å². The van der Waals surface area contributed by atoms with Crippen molar-refractivity contribution < 1.29 is 80.2 Å². The van der Waals surface area contributed by atoms with Crippen molar-refractivity contribution in [2.45, 2.75) is 380 Å². The lowest BCUT2D eigenvalue weighted by molar-refractivity contribution is -0.161. The summed E-state index contributed by atoms with van der Waals surface area (Å²) in [4.78, 5) is 73.1. The minimum Gasteiger partial charge on any atom is -0.462 e. The molecule has 0 aromatic rings. The summed E-state index contributed by atoms with van der Waals surface area (Å²) >= 11 is 0. The van der Waals surface area contributed by atoms with E-state index < -0.39 is 97.5 Å². The summed E-state index contributed by atoms with van der Waals surface area (Å²) in [6.07, 6.45) is 82.3. The summed E-state index contributed by atoms with van der Waals surface area (Å²) < 4.78 is 68.7. The van der Waals surface area contributed by atoms with Crippen LogP contribution < -0.4 is 0 Å². The number of hydrogen-bond acceptors (Lipinski definition) is 15. The number of phosphoric acid groups is 2.